The van der Waals surface area contributed by atoms with E-state index in [2.05, 4.69) is 30.8 Å². The highest BCUT2D eigenvalue weighted by atomic mass is 16.5. The fraction of sp³-hybridized carbons (Fsp3) is 0.444. The summed E-state index contributed by atoms with van der Waals surface area (Å²) in [4.78, 5) is 11.0. The van der Waals surface area contributed by atoms with Crippen molar-refractivity contribution >= 4 is 5.96 Å². The molecule has 6 nitrogen and oxygen atoms in total. The Kier molecular flexibility index (Phi) is 5.84. The van der Waals surface area contributed by atoms with E-state index >= 15 is 0 Å². The van der Waals surface area contributed by atoms with Crippen molar-refractivity contribution in [3.8, 4) is 5.75 Å². The highest BCUT2D eigenvalue weighted by Gasteiger charge is 2.12. The first kappa shape index (κ1) is 17.8. The molecule has 0 aromatic carbocycles. The van der Waals surface area contributed by atoms with Gasteiger partial charge in [0.2, 0.25) is 0 Å². The minimum Gasteiger partial charge on any atom is -0.496 e. The van der Waals surface area contributed by atoms with Crippen LogP contribution in [-0.2, 0) is 20.1 Å². The maximum atomic E-state index is 5.47. The monoisotopic (exact) mass is 329 g/mol. The van der Waals surface area contributed by atoms with Crippen molar-refractivity contribution in [2.24, 2.45) is 12.0 Å². The van der Waals surface area contributed by atoms with Gasteiger partial charge < -0.3 is 19.5 Å². The number of guanidine groups is 1. The molecular weight excluding hydrogens is 302 g/mol. The van der Waals surface area contributed by atoms with Gasteiger partial charge in [0.15, 0.2) is 5.96 Å². The van der Waals surface area contributed by atoms with Crippen LogP contribution in [-0.4, -0.2) is 41.6 Å². The van der Waals surface area contributed by atoms with E-state index in [4.69, 9.17) is 4.74 Å². The first-order valence-corrected chi connectivity index (χ1v) is 7.99. The Hall–Kier alpha value is -2.50. The van der Waals surface area contributed by atoms with Gasteiger partial charge in [0.25, 0.3) is 0 Å². The van der Waals surface area contributed by atoms with E-state index in [9.17, 15) is 0 Å². The molecule has 0 aliphatic carbocycles. The zero-order valence-corrected chi connectivity index (χ0v) is 15.4. The van der Waals surface area contributed by atoms with Gasteiger partial charge in [0, 0.05) is 50.4 Å². The minimum atomic E-state index is 0.604. The second kappa shape index (κ2) is 7.86. The van der Waals surface area contributed by atoms with Gasteiger partial charge in [-0.05, 0) is 26.0 Å². The molecule has 0 unspecified atom stereocenters. The first-order valence-electron chi connectivity index (χ1n) is 7.99. The molecule has 0 atom stereocenters. The lowest BCUT2D eigenvalue weighted by molar-refractivity contribution is 0.406. The predicted molar refractivity (Wildman–Crippen MR) is 97.3 cm³/mol. The highest BCUT2D eigenvalue weighted by Crippen LogP contribution is 2.23. The second-order valence-corrected chi connectivity index (χ2v) is 5.91. The highest BCUT2D eigenvalue weighted by molar-refractivity contribution is 5.79. The molecule has 0 bridgehead atoms. The summed E-state index contributed by atoms with van der Waals surface area (Å²) in [6, 6.07) is 4.16. The fourth-order valence-corrected chi connectivity index (χ4v) is 2.78. The molecule has 0 fully saturated rings. The topological polar surface area (TPSA) is 54.7 Å². The van der Waals surface area contributed by atoms with Crippen LogP contribution in [0.25, 0.3) is 0 Å². The van der Waals surface area contributed by atoms with E-state index in [-0.39, 0.29) is 0 Å². The summed E-state index contributed by atoms with van der Waals surface area (Å²) in [6.45, 7) is 5.42. The quantitative estimate of drug-likeness (QED) is 0.675. The number of ether oxygens (including phenoxy) is 1. The third kappa shape index (κ3) is 3.88. The number of nitrogens with zero attached hydrogens (tertiary/aromatic N) is 4. The summed E-state index contributed by atoms with van der Waals surface area (Å²) >= 11 is 0. The number of pyridine rings is 1. The Balaban J connectivity index is 2.05. The van der Waals surface area contributed by atoms with Crippen molar-refractivity contribution in [2.45, 2.75) is 26.9 Å². The summed E-state index contributed by atoms with van der Waals surface area (Å²) in [5.74, 6) is 1.73. The fourth-order valence-electron chi connectivity index (χ4n) is 2.78. The zero-order valence-electron chi connectivity index (χ0n) is 15.4. The summed E-state index contributed by atoms with van der Waals surface area (Å²) in [5.41, 5.74) is 4.30. The SMILES string of the molecule is CN=C(NCc1ncc(C)c(OC)c1C)N(C)Cc1cccn1C. The van der Waals surface area contributed by atoms with Crippen LogP contribution < -0.4 is 10.1 Å². The molecule has 6 heteroatoms. The lowest BCUT2D eigenvalue weighted by Crippen LogP contribution is -2.38. The molecule has 2 heterocycles. The number of aliphatic imine (C=N–C) groups is 1. The largest absolute Gasteiger partial charge is 0.496 e. The van der Waals surface area contributed by atoms with E-state index in [1.165, 1.54) is 5.69 Å². The minimum absolute atomic E-state index is 0.604. The summed E-state index contributed by atoms with van der Waals surface area (Å²) in [7, 11) is 7.56. The number of methoxy groups -OCH3 is 1. The maximum absolute atomic E-state index is 5.47. The third-order valence-corrected chi connectivity index (χ3v) is 4.19. The van der Waals surface area contributed by atoms with Crippen molar-refractivity contribution in [3.63, 3.8) is 0 Å². The van der Waals surface area contributed by atoms with E-state index in [0.717, 1.165) is 35.1 Å². The first-order chi connectivity index (χ1) is 11.5. The number of rotatable bonds is 5. The lowest BCUT2D eigenvalue weighted by atomic mass is 10.1. The van der Waals surface area contributed by atoms with Crippen LogP contribution in [0, 0.1) is 13.8 Å². The van der Waals surface area contributed by atoms with Crippen molar-refractivity contribution in [2.75, 3.05) is 21.2 Å². The van der Waals surface area contributed by atoms with Crippen molar-refractivity contribution in [3.05, 3.63) is 47.0 Å². The van der Waals surface area contributed by atoms with Crippen LogP contribution >= 0.6 is 0 Å². The van der Waals surface area contributed by atoms with Crippen LogP contribution in [0.3, 0.4) is 0 Å². The molecule has 2 rings (SSSR count). The van der Waals surface area contributed by atoms with Crippen LogP contribution in [0.15, 0.2) is 29.5 Å². The average molecular weight is 329 g/mol. The lowest BCUT2D eigenvalue weighted by Gasteiger charge is -2.23. The van der Waals surface area contributed by atoms with E-state index in [0.29, 0.717) is 6.54 Å². The number of nitrogens with one attached hydrogen (secondary N) is 1. The van der Waals surface area contributed by atoms with Gasteiger partial charge in [-0.1, -0.05) is 0 Å². The summed E-state index contributed by atoms with van der Waals surface area (Å²) in [6.07, 6.45) is 3.89. The van der Waals surface area contributed by atoms with Gasteiger partial charge in [0.05, 0.1) is 25.9 Å². The molecule has 0 spiro atoms. The molecule has 0 saturated heterocycles. The number of aryl methyl sites for hydroxylation is 2. The number of hydrogen-bond acceptors (Lipinski definition) is 3. The summed E-state index contributed by atoms with van der Waals surface area (Å²) in [5, 5.41) is 3.38. The predicted octanol–water partition coefficient (Wildman–Crippen LogP) is 2.25. The normalized spacial score (nSPS) is 11.5. The molecule has 0 saturated carbocycles. The van der Waals surface area contributed by atoms with Crippen LogP contribution in [0.1, 0.15) is 22.5 Å². The van der Waals surface area contributed by atoms with Crippen molar-refractivity contribution < 1.29 is 4.74 Å². The molecule has 0 amide bonds. The summed E-state index contributed by atoms with van der Waals surface area (Å²) < 4.78 is 7.58. The van der Waals surface area contributed by atoms with Crippen LogP contribution in [0.2, 0.25) is 0 Å². The average Bonchev–Trinajstić information content (AvgIpc) is 2.95. The van der Waals surface area contributed by atoms with Gasteiger partial charge in [-0.3, -0.25) is 9.98 Å². The van der Waals surface area contributed by atoms with E-state index in [1.54, 1.807) is 14.2 Å². The molecule has 2 aromatic rings. The molecule has 2 aromatic heterocycles. The van der Waals surface area contributed by atoms with Gasteiger partial charge in [-0.2, -0.15) is 0 Å². The molecule has 0 radical (unpaired) electrons. The van der Waals surface area contributed by atoms with Gasteiger partial charge in [0.1, 0.15) is 5.75 Å². The maximum Gasteiger partial charge on any atom is 0.194 e. The van der Waals surface area contributed by atoms with Gasteiger partial charge in [-0.25, -0.2) is 0 Å². The van der Waals surface area contributed by atoms with Crippen molar-refractivity contribution in [1.29, 1.82) is 0 Å². The molecule has 1 N–H and O–H groups in total. The Labute approximate surface area is 144 Å². The molecule has 0 aliphatic rings. The molecule has 0 aliphatic heterocycles. The standard InChI is InChI=1S/C18H27N5O/c1-13-10-20-16(14(2)17(13)24-6)11-21-18(19-3)23(5)12-15-8-7-9-22(15)4/h7-10H,11-12H2,1-6H3,(H,19,21). The Morgan fingerprint density at radius 2 is 2.17 bits per heavy atom. The zero-order chi connectivity index (χ0) is 17.7. The molecule has 24 heavy (non-hydrogen) atoms. The second-order valence-electron chi connectivity index (χ2n) is 5.91. The Morgan fingerprint density at radius 3 is 2.75 bits per heavy atom. The number of hydrogen-bond donors (Lipinski definition) is 1. The molecule has 130 valence electrons. The van der Waals surface area contributed by atoms with Crippen LogP contribution in [0.4, 0.5) is 0 Å². The Bertz CT molecular complexity index is 720. The smallest absolute Gasteiger partial charge is 0.194 e. The van der Waals surface area contributed by atoms with Crippen LogP contribution in [0.5, 0.6) is 5.75 Å². The molecular formula is C18H27N5O. The third-order valence-electron chi connectivity index (χ3n) is 4.19. The van der Waals surface area contributed by atoms with Crippen molar-refractivity contribution in [1.82, 2.24) is 19.8 Å². The Morgan fingerprint density at radius 1 is 1.42 bits per heavy atom. The van der Waals surface area contributed by atoms with Gasteiger partial charge >= 0.3 is 0 Å². The van der Waals surface area contributed by atoms with E-state index in [1.807, 2.05) is 46.4 Å². The number of aromatic nitrogens is 2. The van der Waals surface area contributed by atoms with E-state index < -0.39 is 0 Å². The van der Waals surface area contributed by atoms with Gasteiger partial charge in [-0.15, -0.1) is 0 Å².